The second-order valence-corrected chi connectivity index (χ2v) is 5.36. The van der Waals surface area contributed by atoms with Crippen LogP contribution in [0.25, 0.3) is 0 Å². The van der Waals surface area contributed by atoms with E-state index in [-0.39, 0.29) is 11.8 Å². The molecule has 3 nitrogen and oxygen atoms in total. The van der Waals surface area contributed by atoms with E-state index in [4.69, 9.17) is 0 Å². The van der Waals surface area contributed by atoms with Crippen molar-refractivity contribution in [1.29, 1.82) is 0 Å². The van der Waals surface area contributed by atoms with Gasteiger partial charge in [0.1, 0.15) is 5.82 Å². The normalized spacial score (nSPS) is 11.4. The number of urea groups is 1. The molecule has 0 unspecified atom stereocenters. The number of carbonyl (C=O) groups is 1. The molecule has 0 aliphatic rings. The Balaban J connectivity index is 2.63. The van der Waals surface area contributed by atoms with Gasteiger partial charge >= 0.3 is 6.03 Å². The van der Waals surface area contributed by atoms with E-state index < -0.39 is 5.54 Å². The Hall–Kier alpha value is -1.58. The van der Waals surface area contributed by atoms with Crippen molar-refractivity contribution in [2.75, 3.05) is 6.54 Å². The first-order chi connectivity index (χ1) is 8.31. The number of halogens is 1. The zero-order valence-electron chi connectivity index (χ0n) is 11.4. The molecule has 1 rings (SSSR count). The molecule has 1 aromatic carbocycles. The molecule has 0 heterocycles. The van der Waals surface area contributed by atoms with Gasteiger partial charge in [0, 0.05) is 6.54 Å². The summed E-state index contributed by atoms with van der Waals surface area (Å²) >= 11 is 0. The van der Waals surface area contributed by atoms with Crippen LogP contribution in [0.15, 0.2) is 24.3 Å². The summed E-state index contributed by atoms with van der Waals surface area (Å²) in [6.07, 6.45) is 0. The number of nitrogens with one attached hydrogen (secondary N) is 2. The lowest BCUT2D eigenvalue weighted by Gasteiger charge is -2.27. The monoisotopic (exact) mass is 252 g/mol. The third-order valence-electron chi connectivity index (χ3n) is 2.66. The van der Waals surface area contributed by atoms with Gasteiger partial charge in [0.2, 0.25) is 0 Å². The summed E-state index contributed by atoms with van der Waals surface area (Å²) in [5.74, 6) is 0.128. The Morgan fingerprint density at radius 3 is 2.33 bits per heavy atom. The second-order valence-electron chi connectivity index (χ2n) is 5.36. The topological polar surface area (TPSA) is 41.1 Å². The molecular weight excluding hydrogens is 231 g/mol. The standard InChI is InChI=1S/C14H21FN2O/c1-10(2)9-16-13(18)17-14(3,4)11-5-7-12(15)8-6-11/h5-8,10H,9H2,1-4H3,(H2,16,17,18). The van der Waals surface area contributed by atoms with Crippen molar-refractivity contribution in [3.8, 4) is 0 Å². The molecule has 0 bridgehead atoms. The smallest absolute Gasteiger partial charge is 0.315 e. The van der Waals surface area contributed by atoms with Crippen LogP contribution in [0.5, 0.6) is 0 Å². The van der Waals surface area contributed by atoms with Gasteiger partial charge in [0.25, 0.3) is 0 Å². The number of hydrogen-bond donors (Lipinski definition) is 2. The highest BCUT2D eigenvalue weighted by atomic mass is 19.1. The molecule has 0 spiro atoms. The fourth-order valence-electron chi connectivity index (χ4n) is 1.56. The summed E-state index contributed by atoms with van der Waals surface area (Å²) in [7, 11) is 0. The maximum atomic E-state index is 12.8. The van der Waals surface area contributed by atoms with Gasteiger partial charge in [-0.15, -0.1) is 0 Å². The van der Waals surface area contributed by atoms with Gasteiger partial charge in [0.15, 0.2) is 0 Å². The summed E-state index contributed by atoms with van der Waals surface area (Å²) < 4.78 is 12.8. The van der Waals surface area contributed by atoms with Gasteiger partial charge in [0.05, 0.1) is 5.54 Å². The van der Waals surface area contributed by atoms with Crippen LogP contribution in [0.4, 0.5) is 9.18 Å². The van der Waals surface area contributed by atoms with Gasteiger partial charge in [-0.3, -0.25) is 0 Å². The maximum absolute atomic E-state index is 12.8. The lowest BCUT2D eigenvalue weighted by molar-refractivity contribution is 0.228. The molecule has 0 saturated heterocycles. The third-order valence-corrected chi connectivity index (χ3v) is 2.66. The average molecular weight is 252 g/mol. The highest BCUT2D eigenvalue weighted by molar-refractivity contribution is 5.74. The summed E-state index contributed by atoms with van der Waals surface area (Å²) in [5, 5.41) is 5.67. The van der Waals surface area contributed by atoms with Crippen LogP contribution in [-0.4, -0.2) is 12.6 Å². The molecule has 0 saturated carbocycles. The van der Waals surface area contributed by atoms with E-state index >= 15 is 0 Å². The SMILES string of the molecule is CC(C)CNC(=O)NC(C)(C)c1ccc(F)cc1. The number of carbonyl (C=O) groups excluding carboxylic acids is 1. The highest BCUT2D eigenvalue weighted by Crippen LogP contribution is 2.19. The van der Waals surface area contributed by atoms with Crippen molar-refractivity contribution in [1.82, 2.24) is 10.6 Å². The molecular formula is C14H21FN2O. The zero-order valence-corrected chi connectivity index (χ0v) is 11.4. The van der Waals surface area contributed by atoms with E-state index in [0.717, 1.165) is 5.56 Å². The van der Waals surface area contributed by atoms with Crippen LogP contribution in [0.1, 0.15) is 33.3 Å². The minimum absolute atomic E-state index is 0.210. The van der Waals surface area contributed by atoms with Crippen LogP contribution in [0.2, 0.25) is 0 Å². The number of hydrogen-bond acceptors (Lipinski definition) is 1. The first-order valence-corrected chi connectivity index (χ1v) is 6.13. The second kappa shape index (κ2) is 5.85. The van der Waals surface area contributed by atoms with Crippen molar-refractivity contribution in [2.24, 2.45) is 5.92 Å². The molecule has 4 heteroatoms. The average Bonchev–Trinajstić information content (AvgIpc) is 2.26. The Morgan fingerprint density at radius 2 is 1.83 bits per heavy atom. The van der Waals surface area contributed by atoms with Crippen molar-refractivity contribution in [3.05, 3.63) is 35.6 Å². The van der Waals surface area contributed by atoms with Gasteiger partial charge in [-0.25, -0.2) is 9.18 Å². The van der Waals surface area contributed by atoms with E-state index in [1.165, 1.54) is 12.1 Å². The maximum Gasteiger partial charge on any atom is 0.315 e. The van der Waals surface area contributed by atoms with Crippen molar-refractivity contribution in [2.45, 2.75) is 33.2 Å². The fourth-order valence-corrected chi connectivity index (χ4v) is 1.56. The van der Waals surface area contributed by atoms with Crippen LogP contribution in [-0.2, 0) is 5.54 Å². The minimum atomic E-state index is -0.533. The predicted octanol–water partition coefficient (Wildman–Crippen LogP) is 3.02. The number of amides is 2. The Morgan fingerprint density at radius 1 is 1.28 bits per heavy atom. The first-order valence-electron chi connectivity index (χ1n) is 6.13. The zero-order chi connectivity index (χ0) is 13.8. The lowest BCUT2D eigenvalue weighted by Crippen LogP contribution is -2.47. The largest absolute Gasteiger partial charge is 0.338 e. The molecule has 0 atom stereocenters. The van der Waals surface area contributed by atoms with Crippen LogP contribution < -0.4 is 10.6 Å². The Labute approximate surface area is 108 Å². The summed E-state index contributed by atoms with van der Waals surface area (Å²) in [6.45, 7) is 8.46. The van der Waals surface area contributed by atoms with Crippen LogP contribution >= 0.6 is 0 Å². The van der Waals surface area contributed by atoms with Crippen LogP contribution in [0, 0.1) is 11.7 Å². The van der Waals surface area contributed by atoms with E-state index in [1.807, 2.05) is 27.7 Å². The molecule has 2 N–H and O–H groups in total. The van der Waals surface area contributed by atoms with Gasteiger partial charge < -0.3 is 10.6 Å². The van der Waals surface area contributed by atoms with Crippen molar-refractivity contribution >= 4 is 6.03 Å². The van der Waals surface area contributed by atoms with E-state index in [2.05, 4.69) is 10.6 Å². The van der Waals surface area contributed by atoms with Crippen molar-refractivity contribution < 1.29 is 9.18 Å². The first kappa shape index (κ1) is 14.5. The highest BCUT2D eigenvalue weighted by Gasteiger charge is 2.22. The predicted molar refractivity (Wildman–Crippen MR) is 70.8 cm³/mol. The van der Waals surface area contributed by atoms with Gasteiger partial charge in [-0.05, 0) is 37.5 Å². The minimum Gasteiger partial charge on any atom is -0.338 e. The summed E-state index contributed by atoms with van der Waals surface area (Å²) in [6, 6.07) is 5.93. The van der Waals surface area contributed by atoms with E-state index in [0.29, 0.717) is 12.5 Å². The van der Waals surface area contributed by atoms with Crippen molar-refractivity contribution in [3.63, 3.8) is 0 Å². The van der Waals surface area contributed by atoms with Gasteiger partial charge in [-0.1, -0.05) is 26.0 Å². The Bertz CT molecular complexity index is 399. The molecule has 0 fully saturated rings. The molecule has 0 aromatic heterocycles. The third kappa shape index (κ3) is 4.35. The molecule has 0 radical (unpaired) electrons. The number of rotatable bonds is 4. The molecule has 100 valence electrons. The quantitative estimate of drug-likeness (QED) is 0.849. The molecule has 2 amide bonds. The van der Waals surface area contributed by atoms with Crippen LogP contribution in [0.3, 0.4) is 0 Å². The molecule has 18 heavy (non-hydrogen) atoms. The molecule has 0 aliphatic carbocycles. The van der Waals surface area contributed by atoms with E-state index in [9.17, 15) is 9.18 Å². The van der Waals surface area contributed by atoms with E-state index in [1.54, 1.807) is 12.1 Å². The van der Waals surface area contributed by atoms with Gasteiger partial charge in [-0.2, -0.15) is 0 Å². The number of benzene rings is 1. The summed E-state index contributed by atoms with van der Waals surface area (Å²) in [4.78, 5) is 11.7. The molecule has 1 aromatic rings. The Kier molecular flexibility index (Phi) is 4.70. The molecule has 0 aliphatic heterocycles. The lowest BCUT2D eigenvalue weighted by atomic mass is 9.94. The summed E-state index contributed by atoms with van der Waals surface area (Å²) in [5.41, 5.74) is 0.331. The fraction of sp³-hybridized carbons (Fsp3) is 0.500.